The Morgan fingerprint density at radius 2 is 1.86 bits per heavy atom. The summed E-state index contributed by atoms with van der Waals surface area (Å²) in [4.78, 5) is 3.01. The zero-order chi connectivity index (χ0) is 21.2. The Morgan fingerprint density at radius 1 is 1.18 bits per heavy atom. The second-order valence-corrected chi connectivity index (χ2v) is 9.25. The summed E-state index contributed by atoms with van der Waals surface area (Å²) in [6.07, 6.45) is -2.42. The molecule has 2 aromatic rings. The molecule has 1 aromatic carbocycles. The van der Waals surface area contributed by atoms with E-state index in [9.17, 15) is 30.0 Å². The van der Waals surface area contributed by atoms with Crippen LogP contribution in [0.4, 0.5) is 18.9 Å². The molecule has 0 aliphatic rings. The number of rotatable bonds is 7. The number of hydrogen-bond acceptors (Lipinski definition) is 7. The second-order valence-electron chi connectivity index (χ2n) is 5.70. The molecule has 0 saturated carbocycles. The molecule has 1 heterocycles. The van der Waals surface area contributed by atoms with Crippen molar-refractivity contribution in [3.63, 3.8) is 0 Å². The fraction of sp³-hybridized carbons (Fsp3) is 0.267. The highest BCUT2D eigenvalue weighted by molar-refractivity contribution is 7.91. The molecule has 0 fully saturated rings. The van der Waals surface area contributed by atoms with Crippen molar-refractivity contribution >= 4 is 25.5 Å². The summed E-state index contributed by atoms with van der Waals surface area (Å²) in [6.45, 7) is -1.66. The monoisotopic (exact) mass is 439 g/mol. The van der Waals surface area contributed by atoms with Crippen LogP contribution in [0, 0.1) is 0 Å². The lowest BCUT2D eigenvalue weighted by Crippen LogP contribution is -2.20. The number of nitrogens with zero attached hydrogens (tertiary/aromatic N) is 1. The van der Waals surface area contributed by atoms with E-state index in [1.807, 2.05) is 0 Å². The van der Waals surface area contributed by atoms with Crippen LogP contribution < -0.4 is 15.2 Å². The highest BCUT2D eigenvalue weighted by Gasteiger charge is 2.29. The van der Waals surface area contributed by atoms with Crippen LogP contribution >= 0.6 is 0 Å². The van der Waals surface area contributed by atoms with Gasteiger partial charge in [-0.2, -0.15) is 13.2 Å². The summed E-state index contributed by atoms with van der Waals surface area (Å²) < 4.78 is 88.6. The molecule has 8 nitrogen and oxygen atoms in total. The van der Waals surface area contributed by atoms with Gasteiger partial charge in [-0.1, -0.05) is 6.07 Å². The van der Waals surface area contributed by atoms with E-state index in [4.69, 9.17) is 5.14 Å². The Kier molecular flexibility index (Phi) is 6.21. The number of primary sulfonamides is 1. The Hall–Kier alpha value is -2.38. The topological polar surface area (TPSA) is 128 Å². The number of alkyl halides is 3. The third-order valence-electron chi connectivity index (χ3n) is 3.37. The maximum absolute atomic E-state index is 12.3. The molecule has 0 saturated heterocycles. The van der Waals surface area contributed by atoms with Crippen molar-refractivity contribution in [3.8, 4) is 5.88 Å². The van der Waals surface area contributed by atoms with Crippen molar-refractivity contribution in [1.29, 1.82) is 0 Å². The summed E-state index contributed by atoms with van der Waals surface area (Å²) in [7, 11) is -7.96. The van der Waals surface area contributed by atoms with Gasteiger partial charge in [0.2, 0.25) is 15.9 Å². The third kappa shape index (κ3) is 6.07. The largest absolute Gasteiger partial charge is 0.468 e. The van der Waals surface area contributed by atoms with Crippen molar-refractivity contribution in [3.05, 3.63) is 42.1 Å². The van der Waals surface area contributed by atoms with Gasteiger partial charge in [0.05, 0.1) is 15.5 Å². The van der Waals surface area contributed by atoms with E-state index in [-0.39, 0.29) is 28.6 Å². The fourth-order valence-electron chi connectivity index (χ4n) is 2.16. The van der Waals surface area contributed by atoms with Crippen LogP contribution in [0.25, 0.3) is 0 Å². The summed E-state index contributed by atoms with van der Waals surface area (Å²) in [5.41, 5.74) is 0.280. The van der Waals surface area contributed by atoms with Crippen molar-refractivity contribution in [1.82, 2.24) is 4.98 Å². The summed E-state index contributed by atoms with van der Waals surface area (Å²) in [6, 6.07) is 6.13. The normalized spacial score (nSPS) is 12.6. The van der Waals surface area contributed by atoms with Gasteiger partial charge >= 0.3 is 6.18 Å². The Balaban J connectivity index is 2.31. The number of sulfonamides is 1. The number of aromatic nitrogens is 1. The lowest BCUT2D eigenvalue weighted by Gasteiger charge is -2.15. The number of hydrogen-bond donors (Lipinski definition) is 2. The number of halogens is 3. The molecule has 0 atom stereocenters. The van der Waals surface area contributed by atoms with Gasteiger partial charge in [-0.15, -0.1) is 0 Å². The molecule has 28 heavy (non-hydrogen) atoms. The van der Waals surface area contributed by atoms with Crippen LogP contribution in [-0.4, -0.2) is 40.9 Å². The number of nitrogens with two attached hydrogens (primary N) is 1. The van der Waals surface area contributed by atoms with Crippen LogP contribution in [-0.2, 0) is 26.4 Å². The predicted molar refractivity (Wildman–Crippen MR) is 94.0 cm³/mol. The van der Waals surface area contributed by atoms with Crippen molar-refractivity contribution < 1.29 is 34.7 Å². The minimum atomic E-state index is -4.55. The lowest BCUT2D eigenvalue weighted by atomic mass is 10.2. The van der Waals surface area contributed by atoms with E-state index in [2.05, 4.69) is 15.0 Å². The molecule has 0 unspecified atom stereocenters. The standard InChI is InChI=1S/C15H16F3N3O5S2/c1-27(22,23)13-7-11(28(19,24)25)4-5-12(13)21-8-10-3-2-6-20-14(10)26-9-15(16,17)18/h2-7,21H,8-9H2,1H3,(H2,19,24,25). The van der Waals surface area contributed by atoms with Gasteiger partial charge in [-0.25, -0.2) is 27.0 Å². The maximum Gasteiger partial charge on any atom is 0.422 e. The third-order valence-corrected chi connectivity index (χ3v) is 5.42. The molecule has 2 rings (SSSR count). The van der Waals surface area contributed by atoms with E-state index in [1.165, 1.54) is 24.4 Å². The minimum Gasteiger partial charge on any atom is -0.468 e. The zero-order valence-corrected chi connectivity index (χ0v) is 16.0. The number of anilines is 1. The highest BCUT2D eigenvalue weighted by Crippen LogP contribution is 2.26. The highest BCUT2D eigenvalue weighted by atomic mass is 32.2. The van der Waals surface area contributed by atoms with E-state index in [0.717, 1.165) is 18.4 Å². The minimum absolute atomic E-state index is 0.0422. The van der Waals surface area contributed by atoms with Crippen LogP contribution in [0.2, 0.25) is 0 Å². The zero-order valence-electron chi connectivity index (χ0n) is 14.4. The molecule has 0 amide bonds. The van der Waals surface area contributed by atoms with Gasteiger partial charge in [-0.3, -0.25) is 0 Å². The molecule has 1 aromatic heterocycles. The van der Waals surface area contributed by atoms with E-state index in [1.54, 1.807) is 0 Å². The van der Waals surface area contributed by atoms with Crippen LogP contribution in [0.3, 0.4) is 0 Å². The smallest absolute Gasteiger partial charge is 0.422 e. The number of sulfone groups is 1. The summed E-state index contributed by atoms with van der Waals surface area (Å²) in [5, 5.41) is 7.75. The molecular weight excluding hydrogens is 423 g/mol. The van der Waals surface area contributed by atoms with Gasteiger partial charge < -0.3 is 10.1 Å². The first-order chi connectivity index (χ1) is 12.8. The van der Waals surface area contributed by atoms with E-state index in [0.29, 0.717) is 0 Å². The first-order valence-corrected chi connectivity index (χ1v) is 11.0. The second kappa shape index (κ2) is 7.93. The number of benzene rings is 1. The molecule has 0 radical (unpaired) electrons. The molecule has 3 N–H and O–H groups in total. The number of nitrogens with one attached hydrogen (secondary N) is 1. The van der Waals surface area contributed by atoms with Gasteiger partial charge in [0.1, 0.15) is 0 Å². The molecule has 0 aliphatic carbocycles. The van der Waals surface area contributed by atoms with Gasteiger partial charge in [-0.05, 0) is 24.3 Å². The summed E-state index contributed by atoms with van der Waals surface area (Å²) in [5.74, 6) is -0.269. The first kappa shape index (κ1) is 21.9. The van der Waals surface area contributed by atoms with Crippen LogP contribution in [0.15, 0.2) is 46.3 Å². The lowest BCUT2D eigenvalue weighted by molar-refractivity contribution is -0.154. The molecule has 154 valence electrons. The van der Waals surface area contributed by atoms with Crippen LogP contribution in [0.5, 0.6) is 5.88 Å². The molecule has 0 bridgehead atoms. The average Bonchev–Trinajstić information content (AvgIpc) is 2.56. The van der Waals surface area contributed by atoms with Gasteiger partial charge in [0.15, 0.2) is 16.4 Å². The van der Waals surface area contributed by atoms with Gasteiger partial charge in [0, 0.05) is 24.6 Å². The maximum atomic E-state index is 12.3. The first-order valence-electron chi connectivity index (χ1n) is 7.51. The van der Waals surface area contributed by atoms with Crippen molar-refractivity contribution in [2.75, 3.05) is 18.2 Å². The number of pyridine rings is 1. The van der Waals surface area contributed by atoms with E-state index < -0.39 is 37.5 Å². The summed E-state index contributed by atoms with van der Waals surface area (Å²) >= 11 is 0. The van der Waals surface area contributed by atoms with Gasteiger partial charge in [0.25, 0.3) is 0 Å². The molecule has 0 aliphatic heterocycles. The SMILES string of the molecule is CS(=O)(=O)c1cc(S(N)(=O)=O)ccc1NCc1cccnc1OCC(F)(F)F. The molecular formula is C15H16F3N3O5S2. The van der Waals surface area contributed by atoms with E-state index >= 15 is 0 Å². The average molecular weight is 439 g/mol. The quantitative estimate of drug-likeness (QED) is 0.672. The fourth-order valence-corrected chi connectivity index (χ4v) is 3.66. The Morgan fingerprint density at radius 3 is 2.43 bits per heavy atom. The predicted octanol–water partition coefficient (Wildman–Crippen LogP) is 1.69. The molecule has 0 spiro atoms. The number of ether oxygens (including phenoxy) is 1. The van der Waals surface area contributed by atoms with Crippen molar-refractivity contribution in [2.45, 2.75) is 22.5 Å². The molecule has 13 heteroatoms. The Labute approximate surface area is 159 Å². The van der Waals surface area contributed by atoms with Crippen LogP contribution in [0.1, 0.15) is 5.56 Å². The Bertz CT molecular complexity index is 1070. The van der Waals surface area contributed by atoms with Crippen molar-refractivity contribution in [2.24, 2.45) is 5.14 Å².